The molecule has 0 aromatic carbocycles. The van der Waals surface area contributed by atoms with E-state index in [4.69, 9.17) is 0 Å². The average Bonchev–Trinajstić information content (AvgIpc) is 2.39. The molecule has 1 amide bonds. The van der Waals surface area contributed by atoms with Gasteiger partial charge in [0.25, 0.3) is 0 Å². The maximum atomic E-state index is 12.7. The third-order valence-electron chi connectivity index (χ3n) is 4.65. The van der Waals surface area contributed by atoms with Gasteiger partial charge in [-0.2, -0.15) is 0 Å². The molecule has 4 heteroatoms. The lowest BCUT2D eigenvalue weighted by molar-refractivity contribution is -0.140. The second kappa shape index (κ2) is 5.57. The van der Waals surface area contributed by atoms with Gasteiger partial charge in [-0.3, -0.25) is 4.79 Å². The number of likely N-dealkylation sites (tertiary alicyclic amines) is 1. The highest BCUT2D eigenvalue weighted by Crippen LogP contribution is 2.24. The topological polar surface area (TPSA) is 35.6 Å². The number of nitrogens with one attached hydrogen (secondary N) is 1. The molecule has 2 heterocycles. The number of hydrogen-bond donors (Lipinski definition) is 1. The van der Waals surface area contributed by atoms with Crippen LogP contribution in [0.15, 0.2) is 0 Å². The van der Waals surface area contributed by atoms with Crippen LogP contribution in [0, 0.1) is 0 Å². The van der Waals surface area contributed by atoms with Crippen molar-refractivity contribution in [2.75, 3.05) is 33.7 Å². The van der Waals surface area contributed by atoms with Crippen LogP contribution in [-0.4, -0.2) is 61.0 Å². The van der Waals surface area contributed by atoms with Crippen molar-refractivity contribution in [2.24, 2.45) is 0 Å². The van der Waals surface area contributed by atoms with Crippen LogP contribution in [0.2, 0.25) is 0 Å². The fraction of sp³-hybridized carbons (Fsp3) is 0.929. The third-order valence-corrected chi connectivity index (χ3v) is 4.65. The minimum absolute atomic E-state index is 0.289. The Hall–Kier alpha value is -0.610. The Morgan fingerprint density at radius 1 is 1.33 bits per heavy atom. The van der Waals surface area contributed by atoms with E-state index in [1.807, 2.05) is 11.9 Å². The third kappa shape index (κ3) is 2.86. The van der Waals surface area contributed by atoms with Crippen LogP contribution in [0.1, 0.15) is 39.0 Å². The standard InChI is InChI=1S/C14H27N3O/c1-14(8-4-5-9-15-14)13(18)17(3)12-6-10-16(2)11-7-12/h12,15H,4-11H2,1-3H3. The van der Waals surface area contributed by atoms with Gasteiger partial charge in [0.15, 0.2) is 0 Å². The fourth-order valence-corrected chi connectivity index (χ4v) is 3.18. The number of likely N-dealkylation sites (N-methyl/N-ethyl adjacent to an activating group) is 1. The van der Waals surface area contributed by atoms with Crippen molar-refractivity contribution in [2.45, 2.75) is 50.6 Å². The summed E-state index contributed by atoms with van der Waals surface area (Å²) in [5.74, 6) is 0.289. The van der Waals surface area contributed by atoms with Gasteiger partial charge < -0.3 is 15.1 Å². The molecule has 0 aromatic heterocycles. The van der Waals surface area contributed by atoms with Crippen molar-refractivity contribution in [1.29, 1.82) is 0 Å². The zero-order valence-electron chi connectivity index (χ0n) is 12.0. The van der Waals surface area contributed by atoms with Crippen LogP contribution >= 0.6 is 0 Å². The number of piperidine rings is 2. The normalized spacial score (nSPS) is 31.3. The monoisotopic (exact) mass is 253 g/mol. The summed E-state index contributed by atoms with van der Waals surface area (Å²) in [6, 6.07) is 0.425. The van der Waals surface area contributed by atoms with Crippen LogP contribution in [0.25, 0.3) is 0 Å². The first-order valence-corrected chi connectivity index (χ1v) is 7.24. The maximum absolute atomic E-state index is 12.7. The minimum Gasteiger partial charge on any atom is -0.341 e. The Labute approximate surface area is 111 Å². The Bertz CT molecular complexity index is 291. The van der Waals surface area contributed by atoms with Crippen LogP contribution in [0.5, 0.6) is 0 Å². The Kier molecular flexibility index (Phi) is 4.28. The van der Waals surface area contributed by atoms with Gasteiger partial charge >= 0.3 is 0 Å². The molecule has 2 saturated heterocycles. The summed E-state index contributed by atoms with van der Waals surface area (Å²) in [4.78, 5) is 17.0. The second-order valence-electron chi connectivity index (χ2n) is 6.17. The van der Waals surface area contributed by atoms with E-state index in [1.54, 1.807) is 0 Å². The summed E-state index contributed by atoms with van der Waals surface area (Å²) >= 11 is 0. The number of carbonyl (C=O) groups excluding carboxylic acids is 1. The first kappa shape index (κ1) is 13.8. The fourth-order valence-electron chi connectivity index (χ4n) is 3.18. The molecule has 0 aromatic rings. The lowest BCUT2D eigenvalue weighted by Gasteiger charge is -2.41. The smallest absolute Gasteiger partial charge is 0.242 e. The van der Waals surface area contributed by atoms with Crippen molar-refractivity contribution in [3.05, 3.63) is 0 Å². The van der Waals surface area contributed by atoms with E-state index < -0.39 is 0 Å². The lowest BCUT2D eigenvalue weighted by Crippen LogP contribution is -2.59. The molecule has 0 aliphatic carbocycles. The SMILES string of the molecule is CN1CCC(N(C)C(=O)C2(C)CCCCN2)CC1. The van der Waals surface area contributed by atoms with Crippen LogP contribution in [0.3, 0.4) is 0 Å². The predicted octanol–water partition coefficient (Wildman–Crippen LogP) is 1.07. The molecule has 0 spiro atoms. The molecule has 2 fully saturated rings. The van der Waals surface area contributed by atoms with E-state index >= 15 is 0 Å². The van der Waals surface area contributed by atoms with Gasteiger partial charge in [-0.15, -0.1) is 0 Å². The number of rotatable bonds is 2. The molecule has 2 aliphatic rings. The van der Waals surface area contributed by atoms with Gasteiger partial charge in [-0.25, -0.2) is 0 Å². The van der Waals surface area contributed by atoms with Crippen LogP contribution in [0.4, 0.5) is 0 Å². The molecule has 2 aliphatic heterocycles. The van der Waals surface area contributed by atoms with Crippen LogP contribution < -0.4 is 5.32 Å². The summed E-state index contributed by atoms with van der Waals surface area (Å²) in [5, 5.41) is 3.42. The molecule has 0 bridgehead atoms. The van der Waals surface area contributed by atoms with Crippen molar-refractivity contribution in [3.63, 3.8) is 0 Å². The highest BCUT2D eigenvalue weighted by atomic mass is 16.2. The van der Waals surface area contributed by atoms with Crippen molar-refractivity contribution >= 4 is 5.91 Å². The van der Waals surface area contributed by atoms with Gasteiger partial charge in [-0.1, -0.05) is 0 Å². The van der Waals surface area contributed by atoms with E-state index in [0.717, 1.165) is 45.3 Å². The molecule has 18 heavy (non-hydrogen) atoms. The molecule has 4 nitrogen and oxygen atoms in total. The number of nitrogens with zero attached hydrogens (tertiary/aromatic N) is 2. The average molecular weight is 253 g/mol. The van der Waals surface area contributed by atoms with Gasteiger partial charge in [0, 0.05) is 13.1 Å². The summed E-state index contributed by atoms with van der Waals surface area (Å²) in [6.45, 7) is 5.25. The number of carbonyl (C=O) groups is 1. The Balaban J connectivity index is 1.95. The highest BCUT2D eigenvalue weighted by Gasteiger charge is 2.38. The van der Waals surface area contributed by atoms with E-state index in [0.29, 0.717) is 6.04 Å². The molecule has 104 valence electrons. The van der Waals surface area contributed by atoms with Crippen molar-refractivity contribution in [1.82, 2.24) is 15.1 Å². The van der Waals surface area contributed by atoms with Gasteiger partial charge in [0.2, 0.25) is 5.91 Å². The van der Waals surface area contributed by atoms with Gasteiger partial charge in [0.1, 0.15) is 0 Å². The largest absolute Gasteiger partial charge is 0.341 e. The Morgan fingerprint density at radius 3 is 2.56 bits per heavy atom. The molecule has 0 saturated carbocycles. The quantitative estimate of drug-likeness (QED) is 0.799. The second-order valence-corrected chi connectivity index (χ2v) is 6.17. The van der Waals surface area contributed by atoms with Crippen molar-refractivity contribution < 1.29 is 4.79 Å². The van der Waals surface area contributed by atoms with Crippen molar-refractivity contribution in [3.8, 4) is 0 Å². The zero-order valence-corrected chi connectivity index (χ0v) is 12.0. The zero-order chi connectivity index (χ0) is 13.2. The first-order chi connectivity index (χ1) is 8.53. The summed E-state index contributed by atoms with van der Waals surface area (Å²) in [5.41, 5.74) is -0.323. The van der Waals surface area contributed by atoms with Gasteiger partial charge in [0.05, 0.1) is 5.54 Å². The molecule has 2 rings (SSSR count). The van der Waals surface area contributed by atoms with Gasteiger partial charge in [-0.05, 0) is 65.7 Å². The summed E-state index contributed by atoms with van der Waals surface area (Å²) < 4.78 is 0. The lowest BCUT2D eigenvalue weighted by atomic mass is 9.88. The molecular weight excluding hydrogens is 226 g/mol. The molecular formula is C14H27N3O. The van der Waals surface area contributed by atoms with E-state index in [1.165, 1.54) is 6.42 Å². The number of amides is 1. The summed E-state index contributed by atoms with van der Waals surface area (Å²) in [7, 11) is 4.14. The predicted molar refractivity (Wildman–Crippen MR) is 73.5 cm³/mol. The summed E-state index contributed by atoms with van der Waals surface area (Å²) in [6.07, 6.45) is 5.55. The number of hydrogen-bond acceptors (Lipinski definition) is 3. The highest BCUT2D eigenvalue weighted by molar-refractivity contribution is 5.86. The van der Waals surface area contributed by atoms with E-state index in [2.05, 4.69) is 24.2 Å². The minimum atomic E-state index is -0.323. The van der Waals surface area contributed by atoms with E-state index in [9.17, 15) is 4.79 Å². The first-order valence-electron chi connectivity index (χ1n) is 7.24. The molecule has 1 atom stereocenters. The molecule has 0 radical (unpaired) electrons. The molecule has 1 N–H and O–H groups in total. The van der Waals surface area contributed by atoms with E-state index in [-0.39, 0.29) is 11.4 Å². The Morgan fingerprint density at radius 2 is 2.00 bits per heavy atom. The molecule has 1 unspecified atom stereocenters. The maximum Gasteiger partial charge on any atom is 0.242 e. The van der Waals surface area contributed by atoms with Crippen LogP contribution in [-0.2, 0) is 4.79 Å².